The third kappa shape index (κ3) is 5.58. The van der Waals surface area contributed by atoms with E-state index in [0.717, 1.165) is 24.8 Å². The number of hydrogen-bond donors (Lipinski definition) is 2. The zero-order chi connectivity index (χ0) is 16.2. The predicted molar refractivity (Wildman–Crippen MR) is 75.1 cm³/mol. The van der Waals surface area contributed by atoms with E-state index in [0.29, 0.717) is 0 Å². The second-order valence-corrected chi connectivity index (χ2v) is 6.02. The molecule has 0 fully saturated rings. The Labute approximate surface area is 131 Å². The van der Waals surface area contributed by atoms with Gasteiger partial charge in [0.05, 0.1) is 5.56 Å². The van der Waals surface area contributed by atoms with Crippen molar-refractivity contribution in [3.8, 4) is 0 Å². The van der Waals surface area contributed by atoms with Crippen LogP contribution >= 0.6 is 27.7 Å². The van der Waals surface area contributed by atoms with Crippen LogP contribution in [-0.2, 0) is 15.8 Å². The molecule has 1 aromatic carbocycles. The summed E-state index contributed by atoms with van der Waals surface area (Å²) in [6, 6.07) is 2.37. The summed E-state index contributed by atoms with van der Waals surface area (Å²) in [4.78, 5) is 21.7. The van der Waals surface area contributed by atoms with E-state index >= 15 is 0 Å². The van der Waals surface area contributed by atoms with Crippen LogP contribution in [0.25, 0.3) is 0 Å². The molecule has 0 bridgehead atoms. The van der Waals surface area contributed by atoms with Gasteiger partial charge in [0.25, 0.3) is 0 Å². The summed E-state index contributed by atoms with van der Waals surface area (Å²) in [5.74, 6) is -2.07. The van der Waals surface area contributed by atoms with Gasteiger partial charge in [0.2, 0.25) is 5.91 Å². The van der Waals surface area contributed by atoms with E-state index in [4.69, 9.17) is 5.11 Å². The maximum absolute atomic E-state index is 12.9. The number of aliphatic carboxylic acids is 1. The van der Waals surface area contributed by atoms with Crippen LogP contribution in [0.2, 0.25) is 0 Å². The molecular formula is C12H11BrF3NO3S. The molecule has 0 spiro atoms. The van der Waals surface area contributed by atoms with Crippen molar-refractivity contribution in [3.63, 3.8) is 0 Å². The Bertz CT molecular complexity index is 551. The summed E-state index contributed by atoms with van der Waals surface area (Å²) in [6.45, 7) is 1.14. The minimum absolute atomic E-state index is 0.0951. The van der Waals surface area contributed by atoms with Crippen LogP contribution in [0.15, 0.2) is 27.6 Å². The lowest BCUT2D eigenvalue weighted by atomic mass is 10.2. The van der Waals surface area contributed by atoms with Crippen molar-refractivity contribution in [2.75, 3.05) is 5.75 Å². The van der Waals surface area contributed by atoms with Crippen molar-refractivity contribution in [2.24, 2.45) is 0 Å². The third-order valence-corrected chi connectivity index (χ3v) is 3.99. The van der Waals surface area contributed by atoms with Gasteiger partial charge in [-0.15, -0.1) is 11.8 Å². The highest BCUT2D eigenvalue weighted by molar-refractivity contribution is 9.10. The number of nitrogens with one attached hydrogen (secondary N) is 1. The Balaban J connectivity index is 2.92. The van der Waals surface area contributed by atoms with Gasteiger partial charge >= 0.3 is 12.1 Å². The van der Waals surface area contributed by atoms with E-state index in [-0.39, 0.29) is 15.1 Å². The summed E-state index contributed by atoms with van der Waals surface area (Å²) in [5, 5.41) is 11.1. The van der Waals surface area contributed by atoms with Crippen molar-refractivity contribution in [2.45, 2.75) is 24.0 Å². The molecule has 0 saturated carbocycles. The van der Waals surface area contributed by atoms with E-state index in [1.165, 1.54) is 12.1 Å². The number of amides is 1. The number of hydrogen-bond acceptors (Lipinski definition) is 3. The molecule has 0 aliphatic carbocycles. The Hall–Kier alpha value is -1.22. The summed E-state index contributed by atoms with van der Waals surface area (Å²) in [5.41, 5.74) is -0.853. The van der Waals surface area contributed by atoms with Gasteiger partial charge in [0.15, 0.2) is 0 Å². The standard InChI is InChI=1S/C12H11BrF3NO3S/c1-6(18)17-9(11(19)20)5-21-10-3-2-7(13)4-8(10)12(14,15)16/h2-4,9H,5H2,1H3,(H,17,18)(H,19,20). The topological polar surface area (TPSA) is 66.4 Å². The number of carboxylic acids is 1. The minimum Gasteiger partial charge on any atom is -0.480 e. The smallest absolute Gasteiger partial charge is 0.417 e. The third-order valence-electron chi connectivity index (χ3n) is 2.33. The van der Waals surface area contributed by atoms with Crippen LogP contribution in [0.1, 0.15) is 12.5 Å². The molecule has 2 N–H and O–H groups in total. The molecule has 0 radical (unpaired) electrons. The Morgan fingerprint density at radius 1 is 1.43 bits per heavy atom. The van der Waals surface area contributed by atoms with Crippen molar-refractivity contribution < 1.29 is 27.9 Å². The van der Waals surface area contributed by atoms with E-state index < -0.39 is 29.7 Å². The normalized spacial score (nSPS) is 12.8. The fraction of sp³-hybridized carbons (Fsp3) is 0.333. The van der Waals surface area contributed by atoms with Gasteiger partial charge in [-0.1, -0.05) is 15.9 Å². The highest BCUT2D eigenvalue weighted by Crippen LogP contribution is 2.38. The molecule has 1 aromatic rings. The summed E-state index contributed by atoms with van der Waals surface area (Å²) < 4.78 is 39.0. The van der Waals surface area contributed by atoms with Crippen LogP contribution in [0.4, 0.5) is 13.2 Å². The molecule has 1 unspecified atom stereocenters. The lowest BCUT2D eigenvalue weighted by Crippen LogP contribution is -2.41. The molecule has 0 aliphatic heterocycles. The van der Waals surface area contributed by atoms with E-state index in [1.54, 1.807) is 0 Å². The quantitative estimate of drug-likeness (QED) is 0.764. The highest BCUT2D eigenvalue weighted by atomic mass is 79.9. The number of rotatable bonds is 5. The first-order chi connectivity index (χ1) is 9.61. The Kier molecular flexibility index (Phi) is 6.09. The Morgan fingerprint density at radius 2 is 2.05 bits per heavy atom. The monoisotopic (exact) mass is 385 g/mol. The summed E-state index contributed by atoms with van der Waals surface area (Å²) in [6.07, 6.45) is -4.54. The molecule has 0 aliphatic rings. The number of thioether (sulfide) groups is 1. The number of alkyl halides is 3. The molecule has 0 aromatic heterocycles. The molecule has 4 nitrogen and oxygen atoms in total. The van der Waals surface area contributed by atoms with Gasteiger partial charge in [-0.25, -0.2) is 4.79 Å². The van der Waals surface area contributed by atoms with Gasteiger partial charge in [-0.05, 0) is 18.2 Å². The van der Waals surface area contributed by atoms with E-state index in [1.807, 2.05) is 0 Å². The lowest BCUT2D eigenvalue weighted by Gasteiger charge is -2.16. The van der Waals surface area contributed by atoms with Crippen LogP contribution in [-0.4, -0.2) is 28.8 Å². The molecule has 116 valence electrons. The molecule has 1 rings (SSSR count). The van der Waals surface area contributed by atoms with Crippen molar-refractivity contribution in [1.82, 2.24) is 5.32 Å². The molecular weight excluding hydrogens is 375 g/mol. The number of carbonyl (C=O) groups is 2. The molecule has 0 saturated heterocycles. The number of benzene rings is 1. The molecule has 1 atom stereocenters. The fourth-order valence-corrected chi connectivity index (χ4v) is 2.87. The highest BCUT2D eigenvalue weighted by Gasteiger charge is 2.34. The minimum atomic E-state index is -4.54. The number of carboxylic acid groups (broad SMARTS) is 1. The fourth-order valence-electron chi connectivity index (χ4n) is 1.44. The Morgan fingerprint density at radius 3 is 2.52 bits per heavy atom. The van der Waals surface area contributed by atoms with Crippen LogP contribution in [0.3, 0.4) is 0 Å². The molecule has 1 amide bonds. The maximum Gasteiger partial charge on any atom is 0.417 e. The van der Waals surface area contributed by atoms with Crippen LogP contribution < -0.4 is 5.32 Å². The molecule has 9 heteroatoms. The zero-order valence-electron chi connectivity index (χ0n) is 10.7. The lowest BCUT2D eigenvalue weighted by molar-refractivity contribution is -0.140. The second kappa shape index (κ2) is 7.17. The van der Waals surface area contributed by atoms with Gasteiger partial charge in [-0.3, -0.25) is 4.79 Å². The predicted octanol–water partition coefficient (Wildman–Crippen LogP) is 3.15. The molecule has 21 heavy (non-hydrogen) atoms. The van der Waals surface area contributed by atoms with E-state index in [9.17, 15) is 22.8 Å². The zero-order valence-corrected chi connectivity index (χ0v) is 13.1. The first-order valence-electron chi connectivity index (χ1n) is 5.60. The maximum atomic E-state index is 12.9. The summed E-state index contributed by atoms with van der Waals surface area (Å²) >= 11 is 3.69. The average molecular weight is 386 g/mol. The SMILES string of the molecule is CC(=O)NC(CSc1ccc(Br)cc1C(F)(F)F)C(=O)O. The van der Waals surface area contributed by atoms with Crippen molar-refractivity contribution in [3.05, 3.63) is 28.2 Å². The van der Waals surface area contributed by atoms with Crippen molar-refractivity contribution >= 4 is 39.6 Å². The molecule has 0 heterocycles. The van der Waals surface area contributed by atoms with Crippen LogP contribution in [0.5, 0.6) is 0 Å². The van der Waals surface area contributed by atoms with Crippen molar-refractivity contribution in [1.29, 1.82) is 0 Å². The van der Waals surface area contributed by atoms with Gasteiger partial charge in [0.1, 0.15) is 6.04 Å². The number of carbonyl (C=O) groups excluding carboxylic acids is 1. The van der Waals surface area contributed by atoms with E-state index in [2.05, 4.69) is 21.2 Å². The van der Waals surface area contributed by atoms with Gasteiger partial charge in [-0.2, -0.15) is 13.2 Å². The van der Waals surface area contributed by atoms with Gasteiger partial charge in [0, 0.05) is 22.0 Å². The average Bonchev–Trinajstić information content (AvgIpc) is 2.33. The first-order valence-corrected chi connectivity index (χ1v) is 7.38. The summed E-state index contributed by atoms with van der Waals surface area (Å²) in [7, 11) is 0. The second-order valence-electron chi connectivity index (χ2n) is 4.04. The first kappa shape index (κ1) is 17.8. The number of halogens is 4. The van der Waals surface area contributed by atoms with Crippen LogP contribution in [0, 0.1) is 0 Å². The largest absolute Gasteiger partial charge is 0.480 e. The van der Waals surface area contributed by atoms with Gasteiger partial charge < -0.3 is 10.4 Å².